The summed E-state index contributed by atoms with van der Waals surface area (Å²) >= 11 is 0. The molecule has 20 heavy (non-hydrogen) atoms. The van der Waals surface area contributed by atoms with Gasteiger partial charge in [0.15, 0.2) is 0 Å². The summed E-state index contributed by atoms with van der Waals surface area (Å²) in [5.41, 5.74) is 0. The van der Waals surface area contributed by atoms with Crippen LogP contribution in [0.15, 0.2) is 0 Å². The van der Waals surface area contributed by atoms with Crippen molar-refractivity contribution in [3.05, 3.63) is 0 Å². The van der Waals surface area contributed by atoms with Gasteiger partial charge in [-0.15, -0.1) is 0 Å². The predicted molar refractivity (Wildman–Crippen MR) is 73.3 cm³/mol. The van der Waals surface area contributed by atoms with Crippen LogP contribution >= 0.6 is 0 Å². The first-order valence-corrected chi connectivity index (χ1v) is 6.98. The fourth-order valence-electron chi connectivity index (χ4n) is 2.25. The number of carbonyl (C=O) groups excluding carboxylic acids is 2. The quantitative estimate of drug-likeness (QED) is 0.662. The normalized spacial score (nSPS) is 15.9. The molecular formula is C13H23N3O4. The van der Waals surface area contributed by atoms with Crippen LogP contribution in [0.4, 0.5) is 4.79 Å². The lowest BCUT2D eigenvalue weighted by atomic mass is 9.96. The summed E-state index contributed by atoms with van der Waals surface area (Å²) in [5, 5.41) is 13.6. The molecule has 0 atom stereocenters. The minimum absolute atomic E-state index is 0.00532. The first kappa shape index (κ1) is 16.4. The maximum Gasteiger partial charge on any atom is 0.321 e. The predicted octanol–water partition coefficient (Wildman–Crippen LogP) is 0.551. The molecule has 114 valence electrons. The molecule has 0 aromatic carbocycles. The van der Waals surface area contributed by atoms with Gasteiger partial charge in [-0.2, -0.15) is 0 Å². The van der Waals surface area contributed by atoms with Crippen molar-refractivity contribution in [1.29, 1.82) is 0 Å². The van der Waals surface area contributed by atoms with Crippen LogP contribution in [0.1, 0.15) is 38.5 Å². The molecule has 0 aliphatic heterocycles. The van der Waals surface area contributed by atoms with Crippen LogP contribution in [0.25, 0.3) is 0 Å². The van der Waals surface area contributed by atoms with Crippen LogP contribution in [0.2, 0.25) is 0 Å². The Morgan fingerprint density at radius 3 is 2.45 bits per heavy atom. The van der Waals surface area contributed by atoms with Crippen molar-refractivity contribution in [2.24, 2.45) is 0 Å². The summed E-state index contributed by atoms with van der Waals surface area (Å²) < 4.78 is 0. The molecule has 1 fully saturated rings. The molecule has 0 saturated heterocycles. The van der Waals surface area contributed by atoms with Crippen molar-refractivity contribution >= 4 is 17.9 Å². The van der Waals surface area contributed by atoms with Gasteiger partial charge in [0, 0.05) is 12.6 Å². The minimum Gasteiger partial charge on any atom is -0.481 e. The third kappa shape index (κ3) is 7.08. The first-order chi connectivity index (χ1) is 9.47. The van der Waals surface area contributed by atoms with Gasteiger partial charge in [0.05, 0.1) is 13.0 Å². The standard InChI is InChI=1S/C13H23N3O4/c1-16(8-7-12(18)19)9-11(17)15-13(20)14-10-5-3-2-4-6-10/h10H,2-9H2,1H3,(H,18,19)(H2,14,15,17,20). The summed E-state index contributed by atoms with van der Waals surface area (Å²) in [4.78, 5) is 35.2. The number of nitrogens with zero attached hydrogens (tertiary/aromatic N) is 1. The lowest BCUT2D eigenvalue weighted by Gasteiger charge is -2.23. The van der Waals surface area contributed by atoms with Crippen LogP contribution in [-0.4, -0.2) is 54.1 Å². The fraction of sp³-hybridized carbons (Fsp3) is 0.769. The largest absolute Gasteiger partial charge is 0.481 e. The summed E-state index contributed by atoms with van der Waals surface area (Å²) in [6.07, 6.45) is 5.30. The van der Waals surface area contributed by atoms with Gasteiger partial charge in [0.1, 0.15) is 0 Å². The molecule has 0 bridgehead atoms. The molecule has 0 aromatic rings. The van der Waals surface area contributed by atoms with Crippen molar-refractivity contribution in [3.8, 4) is 0 Å². The van der Waals surface area contributed by atoms with Gasteiger partial charge in [-0.1, -0.05) is 19.3 Å². The monoisotopic (exact) mass is 285 g/mol. The second-order valence-electron chi connectivity index (χ2n) is 5.24. The van der Waals surface area contributed by atoms with E-state index in [1.807, 2.05) is 0 Å². The second-order valence-corrected chi connectivity index (χ2v) is 5.24. The number of imide groups is 1. The Kier molecular flexibility index (Phi) is 7.00. The number of likely N-dealkylation sites (N-methyl/N-ethyl adjacent to an activating group) is 1. The van der Waals surface area contributed by atoms with Crippen LogP contribution in [0.5, 0.6) is 0 Å². The van der Waals surface area contributed by atoms with E-state index in [-0.39, 0.29) is 25.6 Å². The molecule has 0 heterocycles. The van der Waals surface area contributed by atoms with Gasteiger partial charge in [0.2, 0.25) is 5.91 Å². The zero-order valence-electron chi connectivity index (χ0n) is 11.9. The van der Waals surface area contributed by atoms with Gasteiger partial charge in [-0.05, 0) is 19.9 Å². The summed E-state index contributed by atoms with van der Waals surface area (Å²) in [6.45, 7) is 0.276. The Balaban J connectivity index is 2.19. The maximum absolute atomic E-state index is 11.6. The molecule has 3 N–H and O–H groups in total. The Hall–Kier alpha value is -1.63. The highest BCUT2D eigenvalue weighted by atomic mass is 16.4. The average Bonchev–Trinajstić information content (AvgIpc) is 2.37. The smallest absolute Gasteiger partial charge is 0.321 e. The lowest BCUT2D eigenvalue weighted by Crippen LogP contribution is -2.47. The third-order valence-electron chi connectivity index (χ3n) is 3.31. The molecule has 0 spiro atoms. The van der Waals surface area contributed by atoms with E-state index in [0.29, 0.717) is 0 Å². The van der Waals surface area contributed by atoms with Crippen LogP contribution in [-0.2, 0) is 9.59 Å². The molecule has 1 saturated carbocycles. The van der Waals surface area contributed by atoms with Crippen LogP contribution < -0.4 is 10.6 Å². The van der Waals surface area contributed by atoms with Crippen LogP contribution in [0, 0.1) is 0 Å². The van der Waals surface area contributed by atoms with Crippen molar-refractivity contribution in [3.63, 3.8) is 0 Å². The third-order valence-corrected chi connectivity index (χ3v) is 3.31. The van der Waals surface area contributed by atoms with E-state index in [2.05, 4.69) is 10.6 Å². The number of hydrogen-bond donors (Lipinski definition) is 3. The van der Waals surface area contributed by atoms with E-state index in [0.717, 1.165) is 25.7 Å². The van der Waals surface area contributed by atoms with Crippen molar-refractivity contribution in [2.75, 3.05) is 20.1 Å². The lowest BCUT2D eigenvalue weighted by molar-refractivity contribution is -0.137. The number of carboxylic acid groups (broad SMARTS) is 1. The molecular weight excluding hydrogens is 262 g/mol. The SMILES string of the molecule is CN(CCC(=O)O)CC(=O)NC(=O)NC1CCCCC1. The van der Waals surface area contributed by atoms with Gasteiger partial charge in [-0.25, -0.2) is 4.79 Å². The fourth-order valence-corrected chi connectivity index (χ4v) is 2.25. The number of aliphatic carboxylic acids is 1. The van der Waals surface area contributed by atoms with Crippen molar-refractivity contribution in [2.45, 2.75) is 44.6 Å². The number of amides is 3. The van der Waals surface area contributed by atoms with Gasteiger partial charge in [0.25, 0.3) is 0 Å². The highest BCUT2D eigenvalue weighted by Crippen LogP contribution is 2.16. The minimum atomic E-state index is -0.910. The molecule has 7 heteroatoms. The molecule has 0 unspecified atom stereocenters. The zero-order valence-corrected chi connectivity index (χ0v) is 11.9. The first-order valence-electron chi connectivity index (χ1n) is 6.98. The van der Waals surface area contributed by atoms with Crippen molar-refractivity contribution < 1.29 is 19.5 Å². The van der Waals surface area contributed by atoms with E-state index in [4.69, 9.17) is 5.11 Å². The maximum atomic E-state index is 11.6. The average molecular weight is 285 g/mol. The molecule has 1 rings (SSSR count). The van der Waals surface area contributed by atoms with E-state index < -0.39 is 17.9 Å². The summed E-state index contributed by atoms with van der Waals surface area (Å²) in [5.74, 6) is -1.33. The van der Waals surface area contributed by atoms with E-state index in [1.54, 1.807) is 11.9 Å². The zero-order chi connectivity index (χ0) is 15.0. The van der Waals surface area contributed by atoms with Gasteiger partial charge < -0.3 is 10.4 Å². The van der Waals surface area contributed by atoms with E-state index in [9.17, 15) is 14.4 Å². The number of carbonyl (C=O) groups is 3. The van der Waals surface area contributed by atoms with Crippen LogP contribution in [0.3, 0.4) is 0 Å². The highest BCUT2D eigenvalue weighted by Gasteiger charge is 2.17. The van der Waals surface area contributed by atoms with Gasteiger partial charge >= 0.3 is 12.0 Å². The van der Waals surface area contributed by atoms with E-state index in [1.165, 1.54) is 6.42 Å². The number of urea groups is 1. The number of rotatable bonds is 6. The summed E-state index contributed by atoms with van der Waals surface area (Å²) in [6, 6.07) is -0.310. The molecule has 1 aliphatic carbocycles. The summed E-state index contributed by atoms with van der Waals surface area (Å²) in [7, 11) is 1.64. The Morgan fingerprint density at radius 2 is 1.85 bits per heavy atom. The Labute approximate surface area is 118 Å². The molecule has 1 aliphatic rings. The highest BCUT2D eigenvalue weighted by molar-refractivity contribution is 5.95. The Morgan fingerprint density at radius 1 is 1.20 bits per heavy atom. The Bertz CT molecular complexity index is 354. The number of hydrogen-bond acceptors (Lipinski definition) is 4. The molecule has 0 radical (unpaired) electrons. The molecule has 7 nitrogen and oxygen atoms in total. The van der Waals surface area contributed by atoms with E-state index >= 15 is 0 Å². The number of nitrogens with one attached hydrogen (secondary N) is 2. The molecule has 3 amide bonds. The number of carboxylic acids is 1. The van der Waals surface area contributed by atoms with Gasteiger partial charge in [-0.3, -0.25) is 19.8 Å². The van der Waals surface area contributed by atoms with Crippen molar-refractivity contribution in [1.82, 2.24) is 15.5 Å². The topological polar surface area (TPSA) is 98.7 Å². The second kappa shape index (κ2) is 8.52. The molecule has 0 aromatic heterocycles.